The number of halogens is 1. The summed E-state index contributed by atoms with van der Waals surface area (Å²) in [6, 6.07) is 11.3. The maximum absolute atomic E-state index is 13.4. The third-order valence-corrected chi connectivity index (χ3v) is 3.07. The molecule has 2 aromatic rings. The van der Waals surface area contributed by atoms with Crippen molar-refractivity contribution in [3.63, 3.8) is 0 Å². The molecule has 0 bridgehead atoms. The zero-order valence-corrected chi connectivity index (χ0v) is 11.3. The Hall–Kier alpha value is -2.31. The molecule has 5 nitrogen and oxygen atoms in total. The number of aliphatic hydroxyl groups is 1. The summed E-state index contributed by atoms with van der Waals surface area (Å²) in [6.45, 7) is 1.01. The van der Waals surface area contributed by atoms with Gasteiger partial charge in [-0.25, -0.2) is 0 Å². The van der Waals surface area contributed by atoms with Crippen molar-refractivity contribution in [1.82, 2.24) is 5.32 Å². The number of hydrogen-bond donors (Lipinski definition) is 2. The first-order valence-electron chi connectivity index (χ1n) is 6.42. The van der Waals surface area contributed by atoms with Crippen LogP contribution in [0.5, 0.6) is 0 Å². The zero-order valence-electron chi connectivity index (χ0n) is 11.3. The Labute approximate surface area is 121 Å². The minimum Gasteiger partial charge on any atom is -0.392 e. The molecule has 110 valence electrons. The molecule has 2 rings (SSSR count). The number of nitrogens with one attached hydrogen (secondary N) is 1. The number of nitro groups is 1. The summed E-state index contributed by atoms with van der Waals surface area (Å²) < 4.78 is 13.4. The van der Waals surface area contributed by atoms with Gasteiger partial charge in [-0.2, -0.15) is 4.39 Å². The second kappa shape index (κ2) is 6.92. The van der Waals surface area contributed by atoms with Gasteiger partial charge in [0.25, 0.3) is 0 Å². The Morgan fingerprint density at radius 1 is 1.05 bits per heavy atom. The first kappa shape index (κ1) is 15.1. The Morgan fingerprint density at radius 3 is 2.19 bits per heavy atom. The molecule has 2 aromatic carbocycles. The molecule has 21 heavy (non-hydrogen) atoms. The van der Waals surface area contributed by atoms with Crippen LogP contribution >= 0.6 is 0 Å². The van der Waals surface area contributed by atoms with Gasteiger partial charge in [-0.05, 0) is 22.8 Å². The summed E-state index contributed by atoms with van der Waals surface area (Å²) in [6.07, 6.45) is 0. The van der Waals surface area contributed by atoms with E-state index in [-0.39, 0.29) is 6.61 Å². The summed E-state index contributed by atoms with van der Waals surface area (Å²) in [5.41, 5.74) is 2.01. The lowest BCUT2D eigenvalue weighted by molar-refractivity contribution is -0.387. The monoisotopic (exact) mass is 290 g/mol. The van der Waals surface area contributed by atoms with Crippen LogP contribution in [0.1, 0.15) is 16.7 Å². The van der Waals surface area contributed by atoms with Gasteiger partial charge in [0.2, 0.25) is 5.82 Å². The molecule has 0 saturated heterocycles. The Balaban J connectivity index is 1.91. The first-order valence-corrected chi connectivity index (χ1v) is 6.42. The molecular weight excluding hydrogens is 275 g/mol. The van der Waals surface area contributed by atoms with E-state index in [9.17, 15) is 14.5 Å². The standard InChI is InChI=1S/C15H15FN2O3/c16-14-7-13(5-6-15(14)18(20)21)9-17-8-11-1-3-12(10-19)4-2-11/h1-7,17,19H,8-10H2. The molecule has 0 saturated carbocycles. The van der Waals surface area contributed by atoms with Crippen LogP contribution in [-0.4, -0.2) is 10.0 Å². The SMILES string of the molecule is O=[N+]([O-])c1ccc(CNCc2ccc(CO)cc2)cc1F. The van der Waals surface area contributed by atoms with Crippen molar-refractivity contribution in [2.45, 2.75) is 19.7 Å². The molecule has 0 unspecified atom stereocenters. The predicted octanol–water partition coefficient (Wildman–Crippen LogP) is 2.52. The van der Waals surface area contributed by atoms with Crippen LogP contribution in [0.15, 0.2) is 42.5 Å². The van der Waals surface area contributed by atoms with Crippen LogP contribution in [0.25, 0.3) is 0 Å². The van der Waals surface area contributed by atoms with Gasteiger partial charge in [-0.15, -0.1) is 0 Å². The maximum atomic E-state index is 13.4. The Morgan fingerprint density at radius 2 is 1.62 bits per heavy atom. The number of rotatable bonds is 6. The van der Waals surface area contributed by atoms with E-state index in [0.29, 0.717) is 18.7 Å². The van der Waals surface area contributed by atoms with Gasteiger partial charge in [-0.3, -0.25) is 10.1 Å². The topological polar surface area (TPSA) is 75.4 Å². The number of aliphatic hydroxyl groups excluding tert-OH is 1. The van der Waals surface area contributed by atoms with Crippen molar-refractivity contribution in [3.05, 3.63) is 75.1 Å². The molecule has 2 N–H and O–H groups in total. The fourth-order valence-electron chi connectivity index (χ4n) is 1.92. The first-order chi connectivity index (χ1) is 10.1. The van der Waals surface area contributed by atoms with Crippen LogP contribution in [0.3, 0.4) is 0 Å². The van der Waals surface area contributed by atoms with Crippen molar-refractivity contribution < 1.29 is 14.4 Å². The van der Waals surface area contributed by atoms with Gasteiger partial charge in [-0.1, -0.05) is 30.3 Å². The molecule has 6 heteroatoms. The van der Waals surface area contributed by atoms with Gasteiger partial charge in [0.1, 0.15) is 0 Å². The highest BCUT2D eigenvalue weighted by Gasteiger charge is 2.13. The van der Waals surface area contributed by atoms with E-state index < -0.39 is 16.4 Å². The summed E-state index contributed by atoms with van der Waals surface area (Å²) in [5, 5.41) is 22.6. The molecule has 0 aliphatic carbocycles. The largest absolute Gasteiger partial charge is 0.392 e. The number of hydrogen-bond acceptors (Lipinski definition) is 4. The molecule has 0 amide bonds. The molecule has 0 aliphatic rings. The third-order valence-electron chi connectivity index (χ3n) is 3.07. The second-order valence-electron chi connectivity index (χ2n) is 4.62. The highest BCUT2D eigenvalue weighted by atomic mass is 19.1. The van der Waals surface area contributed by atoms with E-state index in [1.54, 1.807) is 0 Å². The predicted molar refractivity (Wildman–Crippen MR) is 76.0 cm³/mol. The quantitative estimate of drug-likeness (QED) is 0.633. The summed E-state index contributed by atoms with van der Waals surface area (Å²) in [7, 11) is 0. The normalized spacial score (nSPS) is 10.6. The number of nitrogens with zero attached hydrogens (tertiary/aromatic N) is 1. The van der Waals surface area contributed by atoms with Crippen LogP contribution < -0.4 is 5.32 Å². The lowest BCUT2D eigenvalue weighted by Crippen LogP contribution is -2.13. The lowest BCUT2D eigenvalue weighted by atomic mass is 10.1. The third kappa shape index (κ3) is 4.08. The van der Waals surface area contributed by atoms with Crippen molar-refractivity contribution in [1.29, 1.82) is 0 Å². The lowest BCUT2D eigenvalue weighted by Gasteiger charge is -2.06. The minimum atomic E-state index is -0.827. The molecule has 0 spiro atoms. The highest BCUT2D eigenvalue weighted by Crippen LogP contribution is 2.17. The van der Waals surface area contributed by atoms with Gasteiger partial charge in [0.05, 0.1) is 11.5 Å². The zero-order chi connectivity index (χ0) is 15.2. The van der Waals surface area contributed by atoms with Gasteiger partial charge in [0, 0.05) is 19.2 Å². The molecule has 0 atom stereocenters. The smallest absolute Gasteiger partial charge is 0.304 e. The molecule has 0 aliphatic heterocycles. The molecule has 0 fully saturated rings. The van der Waals surface area contributed by atoms with Crippen molar-refractivity contribution in [2.75, 3.05) is 0 Å². The fourth-order valence-corrected chi connectivity index (χ4v) is 1.92. The minimum absolute atomic E-state index is 0.00970. The number of benzene rings is 2. The summed E-state index contributed by atoms with van der Waals surface area (Å²) in [5.74, 6) is -0.827. The second-order valence-corrected chi connectivity index (χ2v) is 4.62. The average molecular weight is 290 g/mol. The van der Waals surface area contributed by atoms with Crippen molar-refractivity contribution in [2.24, 2.45) is 0 Å². The van der Waals surface area contributed by atoms with Crippen LogP contribution in [-0.2, 0) is 19.7 Å². The van der Waals surface area contributed by atoms with Gasteiger partial charge < -0.3 is 10.4 Å². The number of nitro benzene ring substituents is 1. The summed E-state index contributed by atoms with van der Waals surface area (Å²) in [4.78, 5) is 9.78. The molecular formula is C15H15FN2O3. The van der Waals surface area contributed by atoms with E-state index in [0.717, 1.165) is 11.1 Å². The van der Waals surface area contributed by atoms with E-state index in [1.165, 1.54) is 18.2 Å². The van der Waals surface area contributed by atoms with Crippen LogP contribution in [0.2, 0.25) is 0 Å². The fraction of sp³-hybridized carbons (Fsp3) is 0.200. The van der Waals surface area contributed by atoms with Gasteiger partial charge in [0.15, 0.2) is 0 Å². The molecule has 0 aromatic heterocycles. The summed E-state index contributed by atoms with van der Waals surface area (Å²) >= 11 is 0. The molecule has 0 heterocycles. The van der Waals surface area contributed by atoms with Crippen LogP contribution in [0, 0.1) is 15.9 Å². The Kier molecular flexibility index (Phi) is 4.97. The van der Waals surface area contributed by atoms with Crippen molar-refractivity contribution in [3.8, 4) is 0 Å². The van der Waals surface area contributed by atoms with Crippen LogP contribution in [0.4, 0.5) is 10.1 Å². The van der Waals surface area contributed by atoms with E-state index >= 15 is 0 Å². The average Bonchev–Trinajstić information content (AvgIpc) is 2.47. The van der Waals surface area contributed by atoms with E-state index in [2.05, 4.69) is 5.32 Å². The Bertz CT molecular complexity index is 629. The van der Waals surface area contributed by atoms with E-state index in [4.69, 9.17) is 5.11 Å². The molecule has 0 radical (unpaired) electrons. The maximum Gasteiger partial charge on any atom is 0.304 e. The van der Waals surface area contributed by atoms with Gasteiger partial charge >= 0.3 is 5.69 Å². The van der Waals surface area contributed by atoms with E-state index in [1.807, 2.05) is 24.3 Å². The highest BCUT2D eigenvalue weighted by molar-refractivity contribution is 5.35. The van der Waals surface area contributed by atoms with Crippen molar-refractivity contribution >= 4 is 5.69 Å².